The van der Waals surface area contributed by atoms with Crippen molar-refractivity contribution in [2.45, 2.75) is 0 Å². The van der Waals surface area contributed by atoms with Gasteiger partial charge in [0, 0.05) is 15.8 Å². The number of nitrogens with one attached hydrogen (secondary N) is 1. The Labute approximate surface area is 119 Å². The fourth-order valence-electron chi connectivity index (χ4n) is 1.65. The van der Waals surface area contributed by atoms with Crippen LogP contribution in [0.1, 0.15) is 10.4 Å². The highest BCUT2D eigenvalue weighted by atomic mass is 79.9. The van der Waals surface area contributed by atoms with Crippen LogP contribution in [-0.4, -0.2) is 13.0 Å². The predicted molar refractivity (Wildman–Crippen MR) is 79.5 cm³/mol. The zero-order valence-electron chi connectivity index (χ0n) is 10.3. The molecule has 0 atom stereocenters. The zero-order valence-corrected chi connectivity index (χ0v) is 11.9. The van der Waals surface area contributed by atoms with Crippen LogP contribution in [0, 0.1) is 0 Å². The summed E-state index contributed by atoms with van der Waals surface area (Å²) in [6, 6.07) is 12.3. The van der Waals surface area contributed by atoms with Crippen molar-refractivity contribution in [1.82, 2.24) is 0 Å². The first-order valence-corrected chi connectivity index (χ1v) is 6.40. The summed E-state index contributed by atoms with van der Waals surface area (Å²) in [4.78, 5) is 12.1. The summed E-state index contributed by atoms with van der Waals surface area (Å²) in [5, 5.41) is 2.78. The standard InChI is InChI=1S/C14H13BrN2O2/c1-19-13-5-3-2-4-10(13)14(18)17-9-6-7-11(15)12(16)8-9/h2-8H,16H2,1H3,(H,17,18). The maximum absolute atomic E-state index is 12.1. The molecule has 19 heavy (non-hydrogen) atoms. The lowest BCUT2D eigenvalue weighted by Crippen LogP contribution is -2.13. The summed E-state index contributed by atoms with van der Waals surface area (Å²) in [5.74, 6) is 0.296. The van der Waals surface area contributed by atoms with Crippen molar-refractivity contribution in [3.63, 3.8) is 0 Å². The van der Waals surface area contributed by atoms with Crippen molar-refractivity contribution in [3.8, 4) is 5.75 Å². The first kappa shape index (κ1) is 13.4. The number of anilines is 2. The summed E-state index contributed by atoms with van der Waals surface area (Å²) in [6.45, 7) is 0. The fraction of sp³-hybridized carbons (Fsp3) is 0.0714. The van der Waals surface area contributed by atoms with E-state index in [2.05, 4.69) is 21.2 Å². The number of para-hydroxylation sites is 1. The molecule has 0 aliphatic rings. The molecule has 5 heteroatoms. The van der Waals surface area contributed by atoms with E-state index in [1.54, 1.807) is 36.4 Å². The molecule has 0 saturated heterocycles. The minimum absolute atomic E-state index is 0.237. The van der Waals surface area contributed by atoms with Gasteiger partial charge in [-0.25, -0.2) is 0 Å². The number of hydrogen-bond acceptors (Lipinski definition) is 3. The molecule has 0 aliphatic heterocycles. The van der Waals surface area contributed by atoms with Crippen LogP contribution in [0.2, 0.25) is 0 Å². The van der Waals surface area contributed by atoms with Gasteiger partial charge in [0.15, 0.2) is 0 Å². The van der Waals surface area contributed by atoms with Crippen LogP contribution >= 0.6 is 15.9 Å². The molecule has 1 amide bonds. The Hall–Kier alpha value is -2.01. The minimum Gasteiger partial charge on any atom is -0.496 e. The highest BCUT2D eigenvalue weighted by Gasteiger charge is 2.11. The number of hydrogen-bond donors (Lipinski definition) is 2. The topological polar surface area (TPSA) is 64.3 Å². The third kappa shape index (κ3) is 3.06. The highest BCUT2D eigenvalue weighted by molar-refractivity contribution is 9.10. The Kier molecular flexibility index (Phi) is 4.06. The van der Waals surface area contributed by atoms with E-state index in [9.17, 15) is 4.79 Å². The average molecular weight is 321 g/mol. The van der Waals surface area contributed by atoms with Crippen LogP contribution in [0.3, 0.4) is 0 Å². The molecule has 0 radical (unpaired) electrons. The van der Waals surface area contributed by atoms with Crippen molar-refractivity contribution in [1.29, 1.82) is 0 Å². The third-order valence-corrected chi connectivity index (χ3v) is 3.33. The predicted octanol–water partition coefficient (Wildman–Crippen LogP) is 3.29. The van der Waals surface area contributed by atoms with Crippen molar-refractivity contribution in [2.75, 3.05) is 18.2 Å². The smallest absolute Gasteiger partial charge is 0.259 e. The monoisotopic (exact) mass is 320 g/mol. The summed E-state index contributed by atoms with van der Waals surface area (Å²) < 4.78 is 5.95. The fourth-order valence-corrected chi connectivity index (χ4v) is 1.90. The summed E-state index contributed by atoms with van der Waals surface area (Å²) >= 11 is 3.31. The molecule has 2 rings (SSSR count). The van der Waals surface area contributed by atoms with Crippen LogP contribution in [0.25, 0.3) is 0 Å². The van der Waals surface area contributed by atoms with Crippen molar-refractivity contribution in [3.05, 3.63) is 52.5 Å². The van der Waals surface area contributed by atoms with E-state index in [1.165, 1.54) is 7.11 Å². The van der Waals surface area contributed by atoms with Crippen LogP contribution in [-0.2, 0) is 0 Å². The SMILES string of the molecule is COc1ccccc1C(=O)Nc1ccc(Br)c(N)c1. The maximum Gasteiger partial charge on any atom is 0.259 e. The van der Waals surface area contributed by atoms with Gasteiger partial charge in [-0.1, -0.05) is 12.1 Å². The molecule has 0 saturated carbocycles. The summed E-state index contributed by atoms with van der Waals surface area (Å²) in [6.07, 6.45) is 0. The van der Waals surface area contributed by atoms with Crippen LogP contribution < -0.4 is 15.8 Å². The van der Waals surface area contributed by atoms with Gasteiger partial charge in [-0.3, -0.25) is 4.79 Å². The molecular formula is C14H13BrN2O2. The lowest BCUT2D eigenvalue weighted by molar-refractivity contribution is 0.102. The number of rotatable bonds is 3. The molecule has 0 spiro atoms. The molecule has 0 heterocycles. The number of amides is 1. The Bertz CT molecular complexity index is 614. The van der Waals surface area contributed by atoms with Gasteiger partial charge in [0.2, 0.25) is 0 Å². The van der Waals surface area contributed by atoms with Crippen molar-refractivity contribution >= 4 is 33.2 Å². The molecule has 0 aliphatic carbocycles. The van der Waals surface area contributed by atoms with Crippen molar-refractivity contribution < 1.29 is 9.53 Å². The summed E-state index contributed by atoms with van der Waals surface area (Å²) in [5.41, 5.74) is 7.45. The van der Waals surface area contributed by atoms with Gasteiger partial charge in [0.25, 0.3) is 5.91 Å². The van der Waals surface area contributed by atoms with Gasteiger partial charge in [-0.05, 0) is 46.3 Å². The molecule has 98 valence electrons. The summed E-state index contributed by atoms with van der Waals surface area (Å²) in [7, 11) is 1.53. The maximum atomic E-state index is 12.1. The third-order valence-electron chi connectivity index (χ3n) is 2.61. The van der Waals surface area contributed by atoms with E-state index >= 15 is 0 Å². The Morgan fingerprint density at radius 1 is 1.26 bits per heavy atom. The number of benzene rings is 2. The molecule has 2 aromatic carbocycles. The van der Waals surface area contributed by atoms with Crippen LogP contribution in [0.15, 0.2) is 46.9 Å². The van der Waals surface area contributed by atoms with E-state index in [0.717, 1.165) is 4.47 Å². The van der Waals surface area contributed by atoms with E-state index in [1.807, 2.05) is 6.07 Å². The minimum atomic E-state index is -0.237. The van der Waals surface area contributed by atoms with Gasteiger partial charge in [0.1, 0.15) is 5.75 Å². The molecule has 0 aromatic heterocycles. The molecule has 0 bridgehead atoms. The highest BCUT2D eigenvalue weighted by Crippen LogP contribution is 2.24. The van der Waals surface area contributed by atoms with Gasteiger partial charge in [-0.2, -0.15) is 0 Å². The second kappa shape index (κ2) is 5.75. The first-order valence-electron chi connectivity index (χ1n) is 5.61. The quantitative estimate of drug-likeness (QED) is 0.853. The van der Waals surface area contributed by atoms with Crippen LogP contribution in [0.4, 0.5) is 11.4 Å². The molecule has 3 N–H and O–H groups in total. The number of ether oxygens (including phenoxy) is 1. The van der Waals surface area contributed by atoms with Crippen LogP contribution in [0.5, 0.6) is 5.75 Å². The van der Waals surface area contributed by atoms with E-state index < -0.39 is 0 Å². The van der Waals surface area contributed by atoms with Gasteiger partial charge < -0.3 is 15.8 Å². The number of halogens is 1. The Morgan fingerprint density at radius 3 is 2.68 bits per heavy atom. The number of methoxy groups -OCH3 is 1. The van der Waals surface area contributed by atoms with E-state index in [4.69, 9.17) is 10.5 Å². The second-order valence-corrected chi connectivity index (χ2v) is 4.75. The molecule has 0 unspecified atom stereocenters. The molecule has 0 fully saturated rings. The number of nitrogen functional groups attached to an aromatic ring is 1. The number of carbonyl (C=O) groups excluding carboxylic acids is 1. The number of carbonyl (C=O) groups is 1. The lowest BCUT2D eigenvalue weighted by atomic mass is 10.2. The first-order chi connectivity index (χ1) is 9.11. The normalized spacial score (nSPS) is 10.0. The largest absolute Gasteiger partial charge is 0.496 e. The Morgan fingerprint density at radius 2 is 2.00 bits per heavy atom. The molecule has 2 aromatic rings. The number of nitrogens with two attached hydrogens (primary N) is 1. The second-order valence-electron chi connectivity index (χ2n) is 3.89. The van der Waals surface area contributed by atoms with E-state index in [0.29, 0.717) is 22.7 Å². The van der Waals surface area contributed by atoms with Gasteiger partial charge in [-0.15, -0.1) is 0 Å². The van der Waals surface area contributed by atoms with Gasteiger partial charge in [0.05, 0.1) is 12.7 Å². The molecular weight excluding hydrogens is 308 g/mol. The van der Waals surface area contributed by atoms with Gasteiger partial charge >= 0.3 is 0 Å². The average Bonchev–Trinajstić information content (AvgIpc) is 2.43. The van der Waals surface area contributed by atoms with E-state index in [-0.39, 0.29) is 5.91 Å². The lowest BCUT2D eigenvalue weighted by Gasteiger charge is -2.10. The molecule has 4 nitrogen and oxygen atoms in total. The Balaban J connectivity index is 2.23. The van der Waals surface area contributed by atoms with Crippen molar-refractivity contribution in [2.24, 2.45) is 0 Å². The zero-order chi connectivity index (χ0) is 13.8.